The van der Waals surface area contributed by atoms with Crippen LogP contribution < -0.4 is 0 Å². The largest absolute Gasteiger partial charge is 0.378 e. The number of benzene rings is 1. The van der Waals surface area contributed by atoms with E-state index in [1.54, 1.807) is 0 Å². The third-order valence-corrected chi connectivity index (χ3v) is 5.13. The van der Waals surface area contributed by atoms with E-state index in [9.17, 15) is 4.79 Å². The molecule has 0 radical (unpaired) electrons. The number of likely N-dealkylation sites (tertiary alicyclic amines) is 1. The molecule has 0 unspecified atom stereocenters. The molecule has 1 aromatic carbocycles. The SMILES string of the molecule is Cn1ccc2ccc(C(=O)N3CCC(OCC4CC4)CC3)cc21. The molecule has 2 aliphatic rings. The van der Waals surface area contributed by atoms with Gasteiger partial charge in [0, 0.05) is 44.0 Å². The number of amides is 1. The summed E-state index contributed by atoms with van der Waals surface area (Å²) >= 11 is 0. The highest BCUT2D eigenvalue weighted by Crippen LogP contribution is 2.30. The second-order valence-electron chi connectivity index (χ2n) is 6.97. The van der Waals surface area contributed by atoms with Crippen molar-refractivity contribution in [1.82, 2.24) is 9.47 Å². The maximum atomic E-state index is 12.7. The number of hydrogen-bond acceptors (Lipinski definition) is 2. The first-order chi connectivity index (χ1) is 11.2. The highest BCUT2D eigenvalue weighted by Gasteiger charge is 2.27. The molecule has 23 heavy (non-hydrogen) atoms. The van der Waals surface area contributed by atoms with Crippen molar-refractivity contribution in [3.63, 3.8) is 0 Å². The number of carbonyl (C=O) groups is 1. The van der Waals surface area contributed by atoms with Gasteiger partial charge in [0.05, 0.1) is 6.10 Å². The van der Waals surface area contributed by atoms with Gasteiger partial charge < -0.3 is 14.2 Å². The molecule has 0 spiro atoms. The highest BCUT2D eigenvalue weighted by molar-refractivity contribution is 5.98. The molecule has 0 N–H and O–H groups in total. The molecule has 1 aromatic heterocycles. The Morgan fingerprint density at radius 2 is 1.96 bits per heavy atom. The number of piperidine rings is 1. The molecule has 1 saturated carbocycles. The van der Waals surface area contributed by atoms with Crippen LogP contribution in [0.25, 0.3) is 10.9 Å². The van der Waals surface area contributed by atoms with Crippen LogP contribution in [0, 0.1) is 5.92 Å². The number of ether oxygens (including phenoxy) is 1. The predicted molar refractivity (Wildman–Crippen MR) is 90.5 cm³/mol. The van der Waals surface area contributed by atoms with Crippen molar-refractivity contribution in [3.05, 3.63) is 36.0 Å². The number of rotatable bonds is 4. The van der Waals surface area contributed by atoms with Gasteiger partial charge in [-0.1, -0.05) is 6.07 Å². The Morgan fingerprint density at radius 1 is 1.17 bits per heavy atom. The van der Waals surface area contributed by atoms with Gasteiger partial charge >= 0.3 is 0 Å². The number of aromatic nitrogens is 1. The molecule has 2 fully saturated rings. The molecule has 4 nitrogen and oxygen atoms in total. The van der Waals surface area contributed by atoms with E-state index in [-0.39, 0.29) is 5.91 Å². The van der Waals surface area contributed by atoms with Gasteiger partial charge in [-0.25, -0.2) is 0 Å². The molecule has 0 bridgehead atoms. The zero-order valence-electron chi connectivity index (χ0n) is 13.7. The summed E-state index contributed by atoms with van der Waals surface area (Å²) in [4.78, 5) is 14.7. The van der Waals surface area contributed by atoms with Gasteiger partial charge in [-0.3, -0.25) is 4.79 Å². The highest BCUT2D eigenvalue weighted by atomic mass is 16.5. The lowest BCUT2D eigenvalue weighted by atomic mass is 10.1. The maximum absolute atomic E-state index is 12.7. The van der Waals surface area contributed by atoms with Crippen molar-refractivity contribution >= 4 is 16.8 Å². The van der Waals surface area contributed by atoms with E-state index < -0.39 is 0 Å². The summed E-state index contributed by atoms with van der Waals surface area (Å²) in [7, 11) is 2.01. The molecule has 4 rings (SSSR count). The number of nitrogens with zero attached hydrogens (tertiary/aromatic N) is 2. The van der Waals surface area contributed by atoms with Crippen LogP contribution in [0.4, 0.5) is 0 Å². The Bertz CT molecular complexity index is 709. The normalized spacial score (nSPS) is 19.4. The summed E-state index contributed by atoms with van der Waals surface area (Å²) in [6.07, 6.45) is 6.96. The Morgan fingerprint density at radius 3 is 2.70 bits per heavy atom. The Kier molecular flexibility index (Phi) is 3.85. The van der Waals surface area contributed by atoms with Crippen molar-refractivity contribution in [2.45, 2.75) is 31.8 Å². The zero-order chi connectivity index (χ0) is 15.8. The van der Waals surface area contributed by atoms with Crippen LogP contribution in [0.5, 0.6) is 0 Å². The molecular weight excluding hydrogens is 288 g/mol. The fraction of sp³-hybridized carbons (Fsp3) is 0.526. The summed E-state index contributed by atoms with van der Waals surface area (Å²) < 4.78 is 8.02. The Labute approximate surface area is 137 Å². The van der Waals surface area contributed by atoms with Crippen molar-refractivity contribution in [3.8, 4) is 0 Å². The lowest BCUT2D eigenvalue weighted by Gasteiger charge is -2.32. The van der Waals surface area contributed by atoms with E-state index in [2.05, 4.69) is 10.6 Å². The van der Waals surface area contributed by atoms with Crippen molar-refractivity contribution in [2.24, 2.45) is 13.0 Å². The summed E-state index contributed by atoms with van der Waals surface area (Å²) in [6, 6.07) is 8.06. The fourth-order valence-electron chi connectivity index (χ4n) is 3.36. The monoisotopic (exact) mass is 312 g/mol. The minimum Gasteiger partial charge on any atom is -0.378 e. The van der Waals surface area contributed by atoms with Crippen molar-refractivity contribution in [2.75, 3.05) is 19.7 Å². The van der Waals surface area contributed by atoms with E-state index in [0.717, 1.165) is 49.5 Å². The van der Waals surface area contributed by atoms with E-state index in [1.165, 1.54) is 18.2 Å². The van der Waals surface area contributed by atoms with Gasteiger partial charge in [-0.2, -0.15) is 0 Å². The Hall–Kier alpha value is -1.81. The zero-order valence-corrected chi connectivity index (χ0v) is 13.7. The quantitative estimate of drug-likeness (QED) is 0.869. The van der Waals surface area contributed by atoms with E-state index >= 15 is 0 Å². The molecule has 122 valence electrons. The topological polar surface area (TPSA) is 34.5 Å². The van der Waals surface area contributed by atoms with Crippen LogP contribution in [0.2, 0.25) is 0 Å². The molecule has 1 saturated heterocycles. The Balaban J connectivity index is 1.39. The third kappa shape index (κ3) is 3.13. The second-order valence-corrected chi connectivity index (χ2v) is 6.97. The molecular formula is C19H24N2O2. The first-order valence-electron chi connectivity index (χ1n) is 8.66. The molecule has 1 aliphatic heterocycles. The van der Waals surface area contributed by atoms with E-state index in [0.29, 0.717) is 6.10 Å². The van der Waals surface area contributed by atoms with Gasteiger partial charge in [-0.05, 0) is 55.2 Å². The number of aryl methyl sites for hydroxylation is 1. The van der Waals surface area contributed by atoms with Crippen LogP contribution in [0.3, 0.4) is 0 Å². The summed E-state index contributed by atoms with van der Waals surface area (Å²) in [5, 5.41) is 1.18. The molecule has 2 aromatic rings. The van der Waals surface area contributed by atoms with E-state index in [4.69, 9.17) is 4.74 Å². The van der Waals surface area contributed by atoms with Crippen LogP contribution in [-0.4, -0.2) is 41.2 Å². The van der Waals surface area contributed by atoms with Crippen LogP contribution >= 0.6 is 0 Å². The molecule has 1 amide bonds. The summed E-state index contributed by atoms with van der Waals surface area (Å²) in [6.45, 7) is 2.53. The fourth-order valence-corrected chi connectivity index (χ4v) is 3.36. The van der Waals surface area contributed by atoms with Gasteiger partial charge in [0.2, 0.25) is 0 Å². The van der Waals surface area contributed by atoms with E-state index in [1.807, 2.05) is 36.3 Å². The first kappa shape index (κ1) is 14.8. The molecule has 4 heteroatoms. The van der Waals surface area contributed by atoms with Gasteiger partial charge in [-0.15, -0.1) is 0 Å². The van der Waals surface area contributed by atoms with Crippen molar-refractivity contribution < 1.29 is 9.53 Å². The lowest BCUT2D eigenvalue weighted by molar-refractivity contribution is 0.00411. The molecule has 2 heterocycles. The van der Waals surface area contributed by atoms with Crippen LogP contribution in [-0.2, 0) is 11.8 Å². The van der Waals surface area contributed by atoms with Crippen LogP contribution in [0.15, 0.2) is 30.5 Å². The minimum absolute atomic E-state index is 0.147. The first-order valence-corrected chi connectivity index (χ1v) is 8.66. The van der Waals surface area contributed by atoms with Crippen LogP contribution in [0.1, 0.15) is 36.0 Å². The summed E-state index contributed by atoms with van der Waals surface area (Å²) in [5.74, 6) is 0.959. The lowest BCUT2D eigenvalue weighted by Crippen LogP contribution is -2.41. The number of hydrogen-bond donors (Lipinski definition) is 0. The number of carbonyl (C=O) groups excluding carboxylic acids is 1. The standard InChI is InChI=1S/C19H24N2O2/c1-20-9-6-15-4-5-16(12-18(15)20)19(22)21-10-7-17(8-11-21)23-13-14-2-3-14/h4-6,9,12,14,17H,2-3,7-8,10-11,13H2,1H3. The average molecular weight is 312 g/mol. The molecule has 0 atom stereocenters. The second kappa shape index (κ2) is 6.00. The smallest absolute Gasteiger partial charge is 0.253 e. The third-order valence-electron chi connectivity index (χ3n) is 5.13. The number of fused-ring (bicyclic) bond motifs is 1. The summed E-state index contributed by atoms with van der Waals surface area (Å²) in [5.41, 5.74) is 1.90. The van der Waals surface area contributed by atoms with Crippen molar-refractivity contribution in [1.29, 1.82) is 0 Å². The van der Waals surface area contributed by atoms with Gasteiger partial charge in [0.15, 0.2) is 0 Å². The molecule has 1 aliphatic carbocycles. The average Bonchev–Trinajstić information content (AvgIpc) is 3.35. The predicted octanol–water partition coefficient (Wildman–Crippen LogP) is 3.21. The minimum atomic E-state index is 0.147. The van der Waals surface area contributed by atoms with Gasteiger partial charge in [0.25, 0.3) is 5.91 Å². The van der Waals surface area contributed by atoms with Gasteiger partial charge in [0.1, 0.15) is 0 Å². The maximum Gasteiger partial charge on any atom is 0.253 e.